The number of carbonyl (C=O) groups is 1. The molecule has 3 nitrogen and oxygen atoms in total. The van der Waals surface area contributed by atoms with Crippen LogP contribution >= 0.6 is 12.4 Å². The first-order valence-electron chi connectivity index (χ1n) is 1.19. The molecule has 46 valence electrons. The van der Waals surface area contributed by atoms with Crippen LogP contribution < -0.4 is 5.73 Å². The molecule has 0 aliphatic heterocycles. The summed E-state index contributed by atoms with van der Waals surface area (Å²) >= 11 is 0. The topological polar surface area (TPSA) is 63.3 Å². The summed E-state index contributed by atoms with van der Waals surface area (Å²) in [6, 6.07) is 0. The van der Waals surface area contributed by atoms with E-state index < -0.39 is 5.97 Å². The Kier molecular flexibility index (Phi) is 20.9. The molecule has 3 N–H and O–H groups in total. The maximum atomic E-state index is 9.24. The number of halogens is 1. The SMILES string of the molecule is C.Cl.NCC(=O)O. The Morgan fingerprint density at radius 2 is 1.86 bits per heavy atom. The van der Waals surface area contributed by atoms with Gasteiger partial charge in [0.2, 0.25) is 0 Å². The summed E-state index contributed by atoms with van der Waals surface area (Å²) in [7, 11) is 0. The molecule has 0 aromatic heterocycles. The lowest BCUT2D eigenvalue weighted by Gasteiger charge is -1.73. The quantitative estimate of drug-likeness (QED) is 0.525. The van der Waals surface area contributed by atoms with Gasteiger partial charge in [-0.3, -0.25) is 4.79 Å². The second-order valence-corrected chi connectivity index (χ2v) is 0.598. The van der Waals surface area contributed by atoms with Crippen molar-refractivity contribution in [2.24, 2.45) is 5.73 Å². The third-order valence-electron chi connectivity index (χ3n) is 0.175. The van der Waals surface area contributed by atoms with Gasteiger partial charge in [0.25, 0.3) is 0 Å². The number of hydrogen-bond donors (Lipinski definition) is 2. The van der Waals surface area contributed by atoms with E-state index in [9.17, 15) is 4.79 Å². The molecular formula is C3H10ClNO2. The Hall–Kier alpha value is -0.280. The zero-order valence-corrected chi connectivity index (χ0v) is 3.86. The fraction of sp³-hybridized carbons (Fsp3) is 0.667. The van der Waals surface area contributed by atoms with Gasteiger partial charge in [-0.1, -0.05) is 7.43 Å². The van der Waals surface area contributed by atoms with E-state index in [0.29, 0.717) is 0 Å². The Balaban J connectivity index is -0.0000000800. The third-order valence-corrected chi connectivity index (χ3v) is 0.175. The van der Waals surface area contributed by atoms with E-state index in [1.165, 1.54) is 0 Å². The average Bonchev–Trinajstić information content (AvgIpc) is 1.38. The van der Waals surface area contributed by atoms with Gasteiger partial charge in [-0.05, 0) is 0 Å². The molecular weight excluding hydrogens is 117 g/mol. The number of carboxylic acids is 1. The van der Waals surface area contributed by atoms with E-state index >= 15 is 0 Å². The second-order valence-electron chi connectivity index (χ2n) is 0.598. The molecule has 0 radical (unpaired) electrons. The molecule has 0 atom stereocenters. The van der Waals surface area contributed by atoms with Crippen LogP contribution in [0.15, 0.2) is 0 Å². The van der Waals surface area contributed by atoms with E-state index in [1.807, 2.05) is 0 Å². The first-order valence-corrected chi connectivity index (χ1v) is 1.19. The number of carboxylic acid groups (broad SMARTS) is 1. The Morgan fingerprint density at radius 3 is 1.86 bits per heavy atom. The first kappa shape index (κ1) is 15.9. The van der Waals surface area contributed by atoms with Gasteiger partial charge in [0.1, 0.15) is 0 Å². The molecule has 0 aliphatic carbocycles. The largest absolute Gasteiger partial charge is 0.480 e. The minimum absolute atomic E-state index is 0. The Morgan fingerprint density at radius 1 is 1.71 bits per heavy atom. The van der Waals surface area contributed by atoms with Gasteiger partial charge in [-0.15, -0.1) is 12.4 Å². The van der Waals surface area contributed by atoms with Gasteiger partial charge in [-0.25, -0.2) is 0 Å². The number of rotatable bonds is 1. The van der Waals surface area contributed by atoms with Crippen LogP contribution in [-0.2, 0) is 4.79 Å². The second kappa shape index (κ2) is 9.21. The maximum absolute atomic E-state index is 9.24. The van der Waals surface area contributed by atoms with Crippen LogP contribution in [0.2, 0.25) is 0 Å². The number of aliphatic carboxylic acids is 1. The molecule has 0 aromatic carbocycles. The molecule has 0 saturated heterocycles. The fourth-order valence-corrected chi connectivity index (χ4v) is 0. The van der Waals surface area contributed by atoms with Gasteiger partial charge in [0.05, 0.1) is 6.54 Å². The number of nitrogens with two attached hydrogens (primary N) is 1. The maximum Gasteiger partial charge on any atom is 0.317 e. The van der Waals surface area contributed by atoms with E-state index in [0.717, 1.165) is 0 Å². The van der Waals surface area contributed by atoms with Crippen molar-refractivity contribution < 1.29 is 9.90 Å². The fourth-order valence-electron chi connectivity index (χ4n) is 0. The molecule has 0 unspecified atom stereocenters. The Bertz CT molecular complexity index is 48.2. The van der Waals surface area contributed by atoms with E-state index in [2.05, 4.69) is 5.73 Å². The number of hydrogen-bond acceptors (Lipinski definition) is 2. The average molecular weight is 128 g/mol. The molecule has 7 heavy (non-hydrogen) atoms. The summed E-state index contributed by atoms with van der Waals surface area (Å²) in [5.41, 5.74) is 4.57. The zero-order valence-electron chi connectivity index (χ0n) is 3.05. The van der Waals surface area contributed by atoms with Crippen molar-refractivity contribution in [2.75, 3.05) is 6.54 Å². The van der Waals surface area contributed by atoms with Crippen molar-refractivity contribution in [3.63, 3.8) is 0 Å². The van der Waals surface area contributed by atoms with Crippen LogP contribution in [0, 0.1) is 0 Å². The molecule has 0 aliphatic rings. The van der Waals surface area contributed by atoms with Crippen molar-refractivity contribution in [3.05, 3.63) is 0 Å². The minimum Gasteiger partial charge on any atom is -0.480 e. The highest BCUT2D eigenvalue weighted by molar-refractivity contribution is 5.85. The van der Waals surface area contributed by atoms with Crippen LogP contribution in [-0.4, -0.2) is 17.6 Å². The summed E-state index contributed by atoms with van der Waals surface area (Å²) in [4.78, 5) is 9.24. The van der Waals surface area contributed by atoms with Crippen molar-refractivity contribution in [1.82, 2.24) is 0 Å². The highest BCUT2D eigenvalue weighted by atomic mass is 35.5. The van der Waals surface area contributed by atoms with Gasteiger partial charge in [0.15, 0.2) is 0 Å². The standard InChI is InChI=1S/C2H5NO2.CH4.ClH/c3-1-2(4)5;;/h1,3H2,(H,4,5);1H4;1H. The molecule has 0 fully saturated rings. The minimum atomic E-state index is -0.968. The van der Waals surface area contributed by atoms with Gasteiger partial charge >= 0.3 is 5.97 Å². The van der Waals surface area contributed by atoms with Crippen molar-refractivity contribution in [2.45, 2.75) is 7.43 Å². The predicted molar refractivity (Wildman–Crippen MR) is 30.7 cm³/mol. The first-order chi connectivity index (χ1) is 2.27. The lowest BCUT2D eigenvalue weighted by molar-refractivity contribution is -0.135. The lowest BCUT2D eigenvalue weighted by Crippen LogP contribution is -2.10. The highest BCUT2D eigenvalue weighted by Crippen LogP contribution is 1.43. The van der Waals surface area contributed by atoms with Crippen molar-refractivity contribution >= 4 is 18.4 Å². The van der Waals surface area contributed by atoms with Crippen molar-refractivity contribution in [1.29, 1.82) is 0 Å². The lowest BCUT2D eigenvalue weighted by atomic mass is 10.7. The molecule has 0 spiro atoms. The molecule has 0 bridgehead atoms. The smallest absolute Gasteiger partial charge is 0.317 e. The monoisotopic (exact) mass is 127 g/mol. The van der Waals surface area contributed by atoms with E-state index in [4.69, 9.17) is 5.11 Å². The van der Waals surface area contributed by atoms with Crippen LogP contribution in [0.1, 0.15) is 7.43 Å². The molecule has 0 heterocycles. The predicted octanol–water partition coefficient (Wildman–Crippen LogP) is 0.0876. The van der Waals surface area contributed by atoms with E-state index in [1.54, 1.807) is 0 Å². The normalized spacial score (nSPS) is 5.29. The third kappa shape index (κ3) is 26.8. The van der Waals surface area contributed by atoms with Gasteiger partial charge < -0.3 is 10.8 Å². The summed E-state index contributed by atoms with van der Waals surface area (Å²) in [6.45, 7) is -0.278. The molecule has 0 amide bonds. The molecule has 0 saturated carbocycles. The van der Waals surface area contributed by atoms with Crippen LogP contribution in [0.4, 0.5) is 0 Å². The summed E-state index contributed by atoms with van der Waals surface area (Å²) in [5.74, 6) is -0.968. The molecule has 4 heteroatoms. The summed E-state index contributed by atoms with van der Waals surface area (Å²) in [5, 5.41) is 7.60. The van der Waals surface area contributed by atoms with Crippen LogP contribution in [0.3, 0.4) is 0 Å². The summed E-state index contributed by atoms with van der Waals surface area (Å²) in [6.07, 6.45) is 0. The van der Waals surface area contributed by atoms with Gasteiger partial charge in [0, 0.05) is 0 Å². The van der Waals surface area contributed by atoms with E-state index in [-0.39, 0.29) is 26.4 Å². The van der Waals surface area contributed by atoms with Crippen LogP contribution in [0.25, 0.3) is 0 Å². The van der Waals surface area contributed by atoms with Gasteiger partial charge in [-0.2, -0.15) is 0 Å². The molecule has 0 rings (SSSR count). The zero-order chi connectivity index (χ0) is 4.28. The van der Waals surface area contributed by atoms with Crippen molar-refractivity contribution in [3.8, 4) is 0 Å². The molecule has 0 aromatic rings. The Labute approximate surface area is 48.9 Å². The summed E-state index contributed by atoms with van der Waals surface area (Å²) < 4.78 is 0. The highest BCUT2D eigenvalue weighted by Gasteiger charge is 1.81. The van der Waals surface area contributed by atoms with Crippen LogP contribution in [0.5, 0.6) is 0 Å².